The number of para-hydroxylation sites is 2. The van der Waals surface area contributed by atoms with Crippen molar-refractivity contribution in [1.82, 2.24) is 9.99 Å². The van der Waals surface area contributed by atoms with Gasteiger partial charge in [-0.05, 0) is 48.9 Å². The highest BCUT2D eigenvalue weighted by molar-refractivity contribution is 5.81. The van der Waals surface area contributed by atoms with E-state index in [4.69, 9.17) is 10.5 Å². The smallest absolute Gasteiger partial charge is 0.365 e. The number of benzene rings is 2. The summed E-state index contributed by atoms with van der Waals surface area (Å²) >= 11 is 0. The van der Waals surface area contributed by atoms with E-state index in [1.165, 1.54) is 11.0 Å². The molecule has 2 aromatic carbocycles. The van der Waals surface area contributed by atoms with Gasteiger partial charge in [0.15, 0.2) is 17.6 Å². The summed E-state index contributed by atoms with van der Waals surface area (Å²) in [7, 11) is 4.12. The summed E-state index contributed by atoms with van der Waals surface area (Å²) in [6.07, 6.45) is 1.71. The van der Waals surface area contributed by atoms with E-state index in [9.17, 15) is 0 Å². The number of guanidine groups is 1. The van der Waals surface area contributed by atoms with Crippen molar-refractivity contribution in [3.05, 3.63) is 59.9 Å². The fraction of sp³-hybridized carbons (Fsp3) is 0.250. The van der Waals surface area contributed by atoms with Gasteiger partial charge in [0.2, 0.25) is 0 Å². The van der Waals surface area contributed by atoms with Gasteiger partial charge in [0, 0.05) is 0 Å². The maximum Gasteiger partial charge on any atom is 0.365 e. The molecule has 140 valence electrons. The lowest BCUT2D eigenvalue weighted by Gasteiger charge is -2.04. The first-order valence-electron chi connectivity index (χ1n) is 8.90. The predicted octanol–water partition coefficient (Wildman–Crippen LogP) is -0.0795. The Morgan fingerprint density at radius 3 is 2.70 bits per heavy atom. The fourth-order valence-corrected chi connectivity index (χ4v) is 2.93. The first kappa shape index (κ1) is 18.4. The van der Waals surface area contributed by atoms with Crippen LogP contribution in [0.2, 0.25) is 0 Å². The van der Waals surface area contributed by atoms with Crippen LogP contribution in [0.4, 0.5) is 0 Å². The lowest BCUT2D eigenvalue weighted by atomic mass is 10.2. The second kappa shape index (κ2) is 8.35. The number of hydrogen-bond acceptors (Lipinski definition) is 2. The van der Waals surface area contributed by atoms with Crippen molar-refractivity contribution >= 4 is 23.2 Å². The van der Waals surface area contributed by atoms with Gasteiger partial charge in [-0.15, -0.1) is 5.10 Å². The second-order valence-corrected chi connectivity index (χ2v) is 6.19. The van der Waals surface area contributed by atoms with Crippen molar-refractivity contribution in [2.24, 2.45) is 24.9 Å². The van der Waals surface area contributed by atoms with Gasteiger partial charge < -0.3 is 4.74 Å². The van der Waals surface area contributed by atoms with Crippen molar-refractivity contribution in [3.8, 4) is 5.75 Å². The minimum absolute atomic E-state index is 0.427. The van der Waals surface area contributed by atoms with Crippen LogP contribution in [0.15, 0.2) is 53.6 Å². The zero-order valence-electron chi connectivity index (χ0n) is 15.9. The summed E-state index contributed by atoms with van der Waals surface area (Å²) < 4.78 is 10.3. The quantitative estimate of drug-likeness (QED) is 0.247. The molecule has 0 aliphatic rings. The number of aryl methyl sites for hydroxylation is 2. The molecule has 1 heterocycles. The van der Waals surface area contributed by atoms with Gasteiger partial charge in [-0.3, -0.25) is 10.7 Å². The van der Waals surface area contributed by atoms with E-state index < -0.39 is 0 Å². The topological polar surface area (TPSA) is 82.4 Å². The summed E-state index contributed by atoms with van der Waals surface area (Å²) in [6.45, 7) is 3.20. The number of rotatable bonds is 6. The summed E-state index contributed by atoms with van der Waals surface area (Å²) in [5, 5.41) is 4.08. The zero-order valence-corrected chi connectivity index (χ0v) is 15.9. The molecule has 7 heteroatoms. The number of hydrogen-bond donors (Lipinski definition) is 3. The number of nitrogens with zero attached hydrogens (tertiary/aromatic N) is 3. The molecule has 1 aromatic heterocycles. The molecule has 3 aromatic rings. The number of ether oxygens (including phenoxy) is 1. The van der Waals surface area contributed by atoms with Gasteiger partial charge in [-0.25, -0.2) is 9.13 Å². The summed E-state index contributed by atoms with van der Waals surface area (Å²) in [6, 6.07) is 16.1. The molecule has 0 saturated heterocycles. The Balaban J connectivity index is 1.64. The number of nitrogens with one attached hydrogen (secondary N) is 2. The molecule has 0 bridgehead atoms. The molecule has 0 amide bonds. The van der Waals surface area contributed by atoms with Gasteiger partial charge in [0.1, 0.15) is 5.75 Å². The summed E-state index contributed by atoms with van der Waals surface area (Å²) in [4.78, 5) is 2.94. The molecule has 0 aliphatic carbocycles. The molecule has 4 N–H and O–H groups in total. The van der Waals surface area contributed by atoms with Crippen LogP contribution in [0, 0.1) is 0 Å². The highest BCUT2D eigenvalue weighted by Crippen LogP contribution is 2.16. The van der Waals surface area contributed by atoms with Crippen LogP contribution in [0.5, 0.6) is 5.75 Å². The van der Waals surface area contributed by atoms with E-state index in [1.54, 1.807) is 6.21 Å². The average molecular weight is 366 g/mol. The number of imidazole rings is 1. The Labute approximate surface area is 158 Å². The normalized spacial score (nSPS) is 12.0. The standard InChI is InChI=1S/C20H25N6O/c1-4-22-20(21)24-23-13-15-9-11-16(12-10-15)27-14-19-25(2)17-7-5-6-8-18(17)26(19)3/h5-13H,4,14H2,1-3H3,(H3,21,22,24)/q+1/p+1/b23-13-. The van der Waals surface area contributed by atoms with Crippen molar-refractivity contribution in [2.75, 3.05) is 6.54 Å². The van der Waals surface area contributed by atoms with E-state index >= 15 is 0 Å². The summed E-state index contributed by atoms with van der Waals surface area (Å²) in [5.74, 6) is 2.33. The van der Waals surface area contributed by atoms with Crippen LogP contribution in [0.25, 0.3) is 11.0 Å². The highest BCUT2D eigenvalue weighted by atomic mass is 16.5. The third kappa shape index (κ3) is 4.25. The van der Waals surface area contributed by atoms with Gasteiger partial charge >= 0.3 is 5.96 Å². The van der Waals surface area contributed by atoms with Crippen LogP contribution in [0.1, 0.15) is 18.3 Å². The monoisotopic (exact) mass is 366 g/mol. The Morgan fingerprint density at radius 1 is 1.26 bits per heavy atom. The van der Waals surface area contributed by atoms with Crippen molar-refractivity contribution in [1.29, 1.82) is 0 Å². The van der Waals surface area contributed by atoms with E-state index in [0.717, 1.165) is 23.7 Å². The molecule has 0 spiro atoms. The fourth-order valence-electron chi connectivity index (χ4n) is 2.93. The number of nitrogens with two attached hydrogens (primary N) is 1. The molecular weight excluding hydrogens is 340 g/mol. The van der Waals surface area contributed by atoms with E-state index in [0.29, 0.717) is 12.6 Å². The highest BCUT2D eigenvalue weighted by Gasteiger charge is 2.19. The Bertz CT molecular complexity index is 933. The van der Waals surface area contributed by atoms with E-state index in [-0.39, 0.29) is 0 Å². The molecular formula is C20H26N6O+2. The molecule has 0 unspecified atom stereocenters. The van der Waals surface area contributed by atoms with Crippen LogP contribution in [0.3, 0.4) is 0 Å². The molecule has 27 heavy (non-hydrogen) atoms. The SMILES string of the molecule is CC[NH+]=C(N)N/N=C\c1ccc(OCc2n(C)c3ccccc3[n+]2C)cc1. The van der Waals surface area contributed by atoms with Crippen molar-refractivity contribution in [3.63, 3.8) is 0 Å². The molecule has 0 fully saturated rings. The molecule has 0 atom stereocenters. The molecule has 0 radical (unpaired) electrons. The third-order valence-corrected chi connectivity index (χ3v) is 4.39. The van der Waals surface area contributed by atoms with Crippen molar-refractivity contribution < 1.29 is 14.3 Å². The Hall–Kier alpha value is -3.35. The minimum Gasteiger partial charge on any atom is -0.481 e. The van der Waals surface area contributed by atoms with E-state index in [2.05, 4.69) is 50.9 Å². The average Bonchev–Trinajstić information content (AvgIpc) is 2.92. The minimum atomic E-state index is 0.427. The van der Waals surface area contributed by atoms with Crippen LogP contribution in [-0.4, -0.2) is 23.3 Å². The Kier molecular flexibility index (Phi) is 5.71. The number of aromatic nitrogens is 2. The number of fused-ring (bicyclic) bond motifs is 1. The van der Waals surface area contributed by atoms with Gasteiger partial charge in [0.05, 0.1) is 26.9 Å². The first-order valence-corrected chi connectivity index (χ1v) is 8.90. The molecule has 3 rings (SSSR count). The van der Waals surface area contributed by atoms with Crippen LogP contribution >= 0.6 is 0 Å². The lowest BCUT2D eigenvalue weighted by molar-refractivity contribution is -0.655. The molecule has 7 nitrogen and oxygen atoms in total. The largest absolute Gasteiger partial charge is 0.481 e. The van der Waals surface area contributed by atoms with Gasteiger partial charge in [-0.2, -0.15) is 5.43 Å². The lowest BCUT2D eigenvalue weighted by Crippen LogP contribution is -2.77. The summed E-state index contributed by atoms with van der Waals surface area (Å²) in [5.41, 5.74) is 11.7. The Morgan fingerprint density at radius 2 is 2.00 bits per heavy atom. The van der Waals surface area contributed by atoms with E-state index in [1.807, 2.05) is 43.3 Å². The zero-order chi connectivity index (χ0) is 19.2. The van der Waals surface area contributed by atoms with Crippen molar-refractivity contribution in [2.45, 2.75) is 13.5 Å². The molecule has 0 saturated carbocycles. The van der Waals surface area contributed by atoms with Crippen LogP contribution in [-0.2, 0) is 20.7 Å². The third-order valence-electron chi connectivity index (χ3n) is 4.39. The maximum absolute atomic E-state index is 5.98. The van der Waals surface area contributed by atoms with Gasteiger partial charge in [0.25, 0.3) is 5.82 Å². The maximum atomic E-state index is 5.98. The second-order valence-electron chi connectivity index (χ2n) is 6.19. The predicted molar refractivity (Wildman–Crippen MR) is 106 cm³/mol. The first-order chi connectivity index (χ1) is 13.1. The number of hydrazone groups is 1. The molecule has 0 aliphatic heterocycles. The van der Waals surface area contributed by atoms with Gasteiger partial charge in [-0.1, -0.05) is 12.1 Å². The van der Waals surface area contributed by atoms with Crippen LogP contribution < -0.4 is 25.5 Å².